The molecule has 0 spiro atoms. The van der Waals surface area contributed by atoms with Crippen LogP contribution in [0.15, 0.2) is 52.4 Å². The number of fused-ring (bicyclic) bond motifs is 1. The van der Waals surface area contributed by atoms with E-state index < -0.39 is 16.1 Å². The first-order valence-electron chi connectivity index (χ1n) is 11.2. The van der Waals surface area contributed by atoms with Crippen molar-refractivity contribution in [3.8, 4) is 0 Å². The second-order valence-electron chi connectivity index (χ2n) is 8.59. The lowest BCUT2D eigenvalue weighted by Crippen LogP contribution is -2.35. The molecule has 32 heavy (non-hydrogen) atoms. The van der Waals surface area contributed by atoms with Gasteiger partial charge >= 0.3 is 0 Å². The van der Waals surface area contributed by atoms with E-state index in [4.69, 9.17) is 0 Å². The standard InChI is InChI=1S/C24H30N4O3S/c1-4-16(2)22(26-23-19-9-5-6-10-21(19)32(30,31)27-23)24(29)25-18-11-12-20(17(3)15-18)28-13-7-8-14-28/h5-6,9-12,15-16,22H,4,7-8,13-14H2,1-3H3,(H,25,29)(H,26,27)/t16-,22-/m0/s1. The van der Waals surface area contributed by atoms with Crippen LogP contribution in [0.4, 0.5) is 11.4 Å². The number of carbonyl (C=O) groups is 1. The Morgan fingerprint density at radius 1 is 1.19 bits per heavy atom. The molecule has 0 unspecified atom stereocenters. The van der Waals surface area contributed by atoms with E-state index in [0.29, 0.717) is 5.56 Å². The Hall–Kier alpha value is -2.87. The predicted octanol–water partition coefficient (Wildman–Crippen LogP) is 3.69. The SMILES string of the molecule is CC[C@H](C)[C@H](N=C1NS(=O)(=O)c2ccccc21)C(=O)Nc1ccc(N2CCCC2)c(C)c1. The van der Waals surface area contributed by atoms with Crippen LogP contribution < -0.4 is 14.9 Å². The van der Waals surface area contributed by atoms with Crippen LogP contribution in [-0.2, 0) is 14.8 Å². The molecule has 2 aliphatic rings. The van der Waals surface area contributed by atoms with Gasteiger partial charge in [0.25, 0.3) is 10.0 Å². The van der Waals surface area contributed by atoms with Gasteiger partial charge in [0, 0.05) is 30.0 Å². The van der Waals surface area contributed by atoms with Crippen LogP contribution >= 0.6 is 0 Å². The molecule has 2 aliphatic heterocycles. The fourth-order valence-electron chi connectivity index (χ4n) is 4.30. The van der Waals surface area contributed by atoms with E-state index in [1.807, 2.05) is 26.0 Å². The monoisotopic (exact) mass is 454 g/mol. The van der Waals surface area contributed by atoms with Gasteiger partial charge in [0.1, 0.15) is 11.9 Å². The maximum atomic E-state index is 13.2. The minimum Gasteiger partial charge on any atom is -0.371 e. The van der Waals surface area contributed by atoms with E-state index >= 15 is 0 Å². The highest BCUT2D eigenvalue weighted by Crippen LogP contribution is 2.28. The summed E-state index contributed by atoms with van der Waals surface area (Å²) in [7, 11) is -3.65. The number of hydrogen-bond donors (Lipinski definition) is 2. The number of carbonyl (C=O) groups excluding carboxylic acids is 1. The Morgan fingerprint density at radius 3 is 2.59 bits per heavy atom. The number of aryl methyl sites for hydroxylation is 1. The molecule has 1 fully saturated rings. The zero-order valence-electron chi connectivity index (χ0n) is 18.8. The van der Waals surface area contributed by atoms with Crippen molar-refractivity contribution in [2.45, 2.75) is 51.0 Å². The van der Waals surface area contributed by atoms with E-state index in [9.17, 15) is 13.2 Å². The number of nitrogens with one attached hydrogen (secondary N) is 2. The van der Waals surface area contributed by atoms with Crippen LogP contribution in [0.1, 0.15) is 44.2 Å². The molecule has 0 saturated carbocycles. The molecule has 1 amide bonds. The second-order valence-corrected chi connectivity index (χ2v) is 10.2. The van der Waals surface area contributed by atoms with Gasteiger partial charge in [-0.05, 0) is 61.6 Å². The van der Waals surface area contributed by atoms with Gasteiger partial charge < -0.3 is 10.2 Å². The molecule has 7 nitrogen and oxygen atoms in total. The van der Waals surface area contributed by atoms with Crippen molar-refractivity contribution in [2.24, 2.45) is 10.9 Å². The van der Waals surface area contributed by atoms with Crippen LogP contribution in [-0.4, -0.2) is 39.3 Å². The summed E-state index contributed by atoms with van der Waals surface area (Å²) in [6.45, 7) is 8.13. The zero-order chi connectivity index (χ0) is 22.9. The molecule has 0 bridgehead atoms. The first-order chi connectivity index (χ1) is 15.3. The van der Waals surface area contributed by atoms with Gasteiger partial charge in [0.15, 0.2) is 0 Å². The molecule has 2 N–H and O–H groups in total. The third kappa shape index (κ3) is 4.37. The van der Waals surface area contributed by atoms with Crippen molar-refractivity contribution in [3.63, 3.8) is 0 Å². The van der Waals surface area contributed by atoms with E-state index in [1.165, 1.54) is 18.5 Å². The Bertz CT molecular complexity index is 1150. The molecule has 2 atom stereocenters. The predicted molar refractivity (Wildman–Crippen MR) is 128 cm³/mol. The van der Waals surface area contributed by atoms with Crippen molar-refractivity contribution in [2.75, 3.05) is 23.3 Å². The lowest BCUT2D eigenvalue weighted by atomic mass is 9.98. The number of benzene rings is 2. The summed E-state index contributed by atoms with van der Waals surface area (Å²) in [6.07, 6.45) is 3.15. The molecule has 1 saturated heterocycles. The summed E-state index contributed by atoms with van der Waals surface area (Å²) < 4.78 is 27.4. The minimum absolute atomic E-state index is 0.0651. The van der Waals surface area contributed by atoms with Crippen LogP contribution in [0.5, 0.6) is 0 Å². The maximum Gasteiger partial charge on any atom is 0.263 e. The molecule has 170 valence electrons. The fourth-order valence-corrected chi connectivity index (χ4v) is 5.54. The van der Waals surface area contributed by atoms with E-state index in [1.54, 1.807) is 24.3 Å². The quantitative estimate of drug-likeness (QED) is 0.697. The van der Waals surface area contributed by atoms with Gasteiger partial charge in [0.2, 0.25) is 5.91 Å². The van der Waals surface area contributed by atoms with E-state index in [0.717, 1.165) is 30.8 Å². The molecule has 4 rings (SSSR count). The van der Waals surface area contributed by atoms with Gasteiger partial charge in [-0.15, -0.1) is 0 Å². The van der Waals surface area contributed by atoms with Gasteiger partial charge in [0.05, 0.1) is 4.90 Å². The van der Waals surface area contributed by atoms with Crippen molar-refractivity contribution in [1.82, 2.24) is 4.72 Å². The Balaban J connectivity index is 1.59. The fraction of sp³-hybridized carbons (Fsp3) is 0.417. The summed E-state index contributed by atoms with van der Waals surface area (Å²) in [5, 5.41) is 2.99. The molecule has 0 radical (unpaired) electrons. The number of hydrogen-bond acceptors (Lipinski definition) is 5. The van der Waals surface area contributed by atoms with Crippen molar-refractivity contribution in [3.05, 3.63) is 53.6 Å². The summed E-state index contributed by atoms with van der Waals surface area (Å²) in [5.74, 6) is -0.0879. The molecule has 2 aromatic rings. The summed E-state index contributed by atoms with van der Waals surface area (Å²) >= 11 is 0. The number of nitrogens with zero attached hydrogens (tertiary/aromatic N) is 2. The molecular weight excluding hydrogens is 424 g/mol. The average Bonchev–Trinajstić information content (AvgIpc) is 3.38. The van der Waals surface area contributed by atoms with E-state index in [-0.39, 0.29) is 22.6 Å². The van der Waals surface area contributed by atoms with Crippen molar-refractivity contribution in [1.29, 1.82) is 0 Å². The third-order valence-electron chi connectivity index (χ3n) is 6.29. The first-order valence-corrected chi connectivity index (χ1v) is 12.6. The van der Waals surface area contributed by atoms with E-state index in [2.05, 4.69) is 32.9 Å². The Kier molecular flexibility index (Phi) is 6.24. The van der Waals surface area contributed by atoms with Gasteiger partial charge in [-0.1, -0.05) is 32.4 Å². The summed E-state index contributed by atoms with van der Waals surface area (Å²) in [5.41, 5.74) is 3.54. The van der Waals surface area contributed by atoms with Gasteiger partial charge in [-0.3, -0.25) is 14.5 Å². The van der Waals surface area contributed by atoms with Crippen LogP contribution in [0.3, 0.4) is 0 Å². The number of amidine groups is 1. The highest BCUT2D eigenvalue weighted by molar-refractivity contribution is 7.90. The molecular formula is C24H30N4O3S. The number of aliphatic imine (C=N–C) groups is 1. The molecule has 2 aromatic carbocycles. The summed E-state index contributed by atoms with van der Waals surface area (Å²) in [6, 6.07) is 11.9. The Morgan fingerprint density at radius 2 is 1.91 bits per heavy atom. The third-order valence-corrected chi connectivity index (χ3v) is 7.69. The normalized spacial score (nSPS) is 20.0. The summed E-state index contributed by atoms with van der Waals surface area (Å²) in [4.78, 5) is 20.4. The zero-order valence-corrected chi connectivity index (χ0v) is 19.6. The smallest absolute Gasteiger partial charge is 0.263 e. The van der Waals surface area contributed by atoms with Gasteiger partial charge in [-0.2, -0.15) is 0 Å². The minimum atomic E-state index is -3.65. The maximum absolute atomic E-state index is 13.2. The molecule has 0 aliphatic carbocycles. The average molecular weight is 455 g/mol. The number of sulfonamides is 1. The van der Waals surface area contributed by atoms with Crippen molar-refractivity contribution >= 4 is 33.1 Å². The van der Waals surface area contributed by atoms with Crippen LogP contribution in [0, 0.1) is 12.8 Å². The highest BCUT2D eigenvalue weighted by Gasteiger charge is 2.33. The number of rotatable bonds is 6. The number of anilines is 2. The van der Waals surface area contributed by atoms with Crippen molar-refractivity contribution < 1.29 is 13.2 Å². The first kappa shape index (κ1) is 22.3. The number of amides is 1. The molecule has 2 heterocycles. The van der Waals surface area contributed by atoms with Gasteiger partial charge in [-0.25, -0.2) is 8.42 Å². The van der Waals surface area contributed by atoms with Crippen LogP contribution in [0.25, 0.3) is 0 Å². The topological polar surface area (TPSA) is 90.9 Å². The molecule has 0 aromatic heterocycles. The molecule has 8 heteroatoms. The largest absolute Gasteiger partial charge is 0.371 e. The lowest BCUT2D eigenvalue weighted by Gasteiger charge is -2.22. The second kappa shape index (κ2) is 8.94. The lowest BCUT2D eigenvalue weighted by molar-refractivity contribution is -0.118. The van der Waals surface area contributed by atoms with Crippen LogP contribution in [0.2, 0.25) is 0 Å². The highest BCUT2D eigenvalue weighted by atomic mass is 32.2. The Labute approximate surface area is 190 Å².